The highest BCUT2D eigenvalue weighted by molar-refractivity contribution is 5.98. The number of carbonyl (C=O) groups is 1. The van der Waals surface area contributed by atoms with Gasteiger partial charge in [-0.1, -0.05) is 30.3 Å². The summed E-state index contributed by atoms with van der Waals surface area (Å²) in [6.45, 7) is 1.49. The first-order valence-corrected chi connectivity index (χ1v) is 9.15. The molecule has 1 aromatic heterocycles. The largest absolute Gasteiger partial charge is 0.494 e. The van der Waals surface area contributed by atoms with Crippen molar-refractivity contribution in [1.82, 2.24) is 10.5 Å². The van der Waals surface area contributed by atoms with E-state index in [0.29, 0.717) is 31.7 Å². The lowest BCUT2D eigenvalue weighted by Gasteiger charge is -2.12. The number of hydroxylamine groups is 1. The summed E-state index contributed by atoms with van der Waals surface area (Å²) in [5, 5.41) is 3.28. The summed E-state index contributed by atoms with van der Waals surface area (Å²) < 4.78 is 5.58. The van der Waals surface area contributed by atoms with Crippen molar-refractivity contribution in [3.63, 3.8) is 0 Å². The number of pyridine rings is 1. The van der Waals surface area contributed by atoms with Crippen molar-refractivity contribution in [2.75, 3.05) is 18.5 Å². The third-order valence-electron chi connectivity index (χ3n) is 3.97. The fourth-order valence-corrected chi connectivity index (χ4v) is 2.54. The number of aromatic nitrogens is 1. The number of anilines is 1. The number of carbonyl (C=O) groups excluding carboxylic acids is 1. The predicted octanol–water partition coefficient (Wildman–Crippen LogP) is 3.82. The van der Waals surface area contributed by atoms with E-state index >= 15 is 0 Å². The minimum Gasteiger partial charge on any atom is -0.494 e. The Morgan fingerprint density at radius 1 is 0.893 bits per heavy atom. The molecule has 0 saturated carbocycles. The van der Waals surface area contributed by atoms with E-state index in [4.69, 9.17) is 9.57 Å². The van der Waals surface area contributed by atoms with Crippen LogP contribution in [0, 0.1) is 0 Å². The van der Waals surface area contributed by atoms with Crippen LogP contribution in [0.25, 0.3) is 0 Å². The van der Waals surface area contributed by atoms with E-state index in [9.17, 15) is 4.79 Å². The van der Waals surface area contributed by atoms with Gasteiger partial charge in [0.15, 0.2) is 0 Å². The van der Waals surface area contributed by atoms with Gasteiger partial charge in [0.05, 0.1) is 18.8 Å². The second-order valence-corrected chi connectivity index (χ2v) is 6.05. The number of para-hydroxylation sites is 2. The molecular formula is C22H23N3O3. The molecule has 0 atom stereocenters. The molecule has 0 aliphatic rings. The van der Waals surface area contributed by atoms with E-state index in [-0.39, 0.29) is 5.91 Å². The minimum atomic E-state index is -0.290. The maximum Gasteiger partial charge on any atom is 0.276 e. The van der Waals surface area contributed by atoms with Crippen LogP contribution in [-0.2, 0) is 11.4 Å². The van der Waals surface area contributed by atoms with Crippen LogP contribution in [0.15, 0.2) is 79.1 Å². The Morgan fingerprint density at radius 3 is 2.46 bits per heavy atom. The molecule has 0 fully saturated rings. The summed E-state index contributed by atoms with van der Waals surface area (Å²) in [6.07, 6.45) is 4.15. The second kappa shape index (κ2) is 10.7. The molecule has 0 spiro atoms. The van der Waals surface area contributed by atoms with E-state index in [2.05, 4.69) is 15.8 Å². The molecule has 0 saturated heterocycles. The van der Waals surface area contributed by atoms with E-state index in [0.717, 1.165) is 17.0 Å². The van der Waals surface area contributed by atoms with Crippen LogP contribution in [0.5, 0.6) is 5.75 Å². The van der Waals surface area contributed by atoms with Gasteiger partial charge < -0.3 is 10.1 Å². The molecule has 2 aromatic carbocycles. The topological polar surface area (TPSA) is 72.5 Å². The van der Waals surface area contributed by atoms with E-state index in [1.165, 1.54) is 0 Å². The zero-order valence-corrected chi connectivity index (χ0v) is 15.5. The zero-order chi connectivity index (χ0) is 19.4. The molecule has 0 aliphatic carbocycles. The quantitative estimate of drug-likeness (QED) is 0.415. The first kappa shape index (κ1) is 19.4. The van der Waals surface area contributed by atoms with Gasteiger partial charge in [-0.3, -0.25) is 14.6 Å². The molecule has 0 unspecified atom stereocenters. The van der Waals surface area contributed by atoms with Crippen molar-refractivity contribution >= 4 is 11.6 Å². The minimum absolute atomic E-state index is 0.290. The Morgan fingerprint density at radius 2 is 1.64 bits per heavy atom. The van der Waals surface area contributed by atoms with Gasteiger partial charge in [-0.15, -0.1) is 0 Å². The Bertz CT molecular complexity index is 857. The van der Waals surface area contributed by atoms with Gasteiger partial charge in [-0.05, 0) is 42.0 Å². The SMILES string of the molecule is O=C(NOCCCOc1ccccc1)c1ccccc1NCc1ccncc1. The summed E-state index contributed by atoms with van der Waals surface area (Å²) in [7, 11) is 0. The van der Waals surface area contributed by atoms with E-state index in [1.807, 2.05) is 60.7 Å². The number of rotatable bonds is 10. The average Bonchev–Trinajstić information content (AvgIpc) is 2.76. The fourth-order valence-electron chi connectivity index (χ4n) is 2.54. The van der Waals surface area contributed by atoms with Gasteiger partial charge in [-0.2, -0.15) is 0 Å². The fraction of sp³-hybridized carbons (Fsp3) is 0.182. The van der Waals surface area contributed by atoms with Crippen LogP contribution < -0.4 is 15.5 Å². The summed E-state index contributed by atoms with van der Waals surface area (Å²) in [5.41, 5.74) is 4.84. The van der Waals surface area contributed by atoms with Gasteiger partial charge in [0.1, 0.15) is 5.75 Å². The van der Waals surface area contributed by atoms with Gasteiger partial charge in [0.25, 0.3) is 5.91 Å². The van der Waals surface area contributed by atoms with Crippen LogP contribution in [-0.4, -0.2) is 24.1 Å². The molecule has 2 N–H and O–H groups in total. The number of hydrogen-bond donors (Lipinski definition) is 2. The Kier molecular flexibility index (Phi) is 7.40. The van der Waals surface area contributed by atoms with Crippen molar-refractivity contribution in [3.05, 3.63) is 90.3 Å². The third-order valence-corrected chi connectivity index (χ3v) is 3.97. The Labute approximate surface area is 164 Å². The van der Waals surface area contributed by atoms with Crippen LogP contribution >= 0.6 is 0 Å². The molecule has 3 rings (SSSR count). The Balaban J connectivity index is 1.41. The second-order valence-electron chi connectivity index (χ2n) is 6.05. The summed E-state index contributed by atoms with van der Waals surface area (Å²) >= 11 is 0. The highest BCUT2D eigenvalue weighted by Crippen LogP contribution is 2.16. The molecule has 144 valence electrons. The predicted molar refractivity (Wildman–Crippen MR) is 108 cm³/mol. The normalized spacial score (nSPS) is 10.3. The lowest BCUT2D eigenvalue weighted by molar-refractivity contribution is 0.0271. The summed E-state index contributed by atoms with van der Waals surface area (Å²) in [5.74, 6) is 0.530. The van der Waals surface area contributed by atoms with Gasteiger partial charge >= 0.3 is 0 Å². The van der Waals surface area contributed by atoms with E-state index < -0.39 is 0 Å². The van der Waals surface area contributed by atoms with Crippen molar-refractivity contribution in [2.24, 2.45) is 0 Å². The zero-order valence-electron chi connectivity index (χ0n) is 15.5. The number of amides is 1. The summed E-state index contributed by atoms with van der Waals surface area (Å²) in [4.78, 5) is 21.7. The summed E-state index contributed by atoms with van der Waals surface area (Å²) in [6, 6.07) is 20.8. The number of ether oxygens (including phenoxy) is 1. The first-order chi connectivity index (χ1) is 13.8. The van der Waals surface area contributed by atoms with Crippen LogP contribution in [0.2, 0.25) is 0 Å². The third kappa shape index (κ3) is 6.10. The molecule has 1 heterocycles. The molecule has 0 bridgehead atoms. The van der Waals surface area contributed by atoms with Crippen LogP contribution in [0.4, 0.5) is 5.69 Å². The monoisotopic (exact) mass is 377 g/mol. The van der Waals surface area contributed by atoms with Crippen molar-refractivity contribution in [2.45, 2.75) is 13.0 Å². The lowest BCUT2D eigenvalue weighted by atomic mass is 10.1. The highest BCUT2D eigenvalue weighted by atomic mass is 16.7. The number of hydrogen-bond acceptors (Lipinski definition) is 5. The number of benzene rings is 2. The molecule has 6 heteroatoms. The molecule has 28 heavy (non-hydrogen) atoms. The maximum absolute atomic E-state index is 12.4. The standard InChI is InChI=1S/C22H23N3O3/c26-22(25-28-16-6-15-27-19-7-2-1-3-8-19)20-9-4-5-10-21(20)24-17-18-11-13-23-14-12-18/h1-5,7-14,24H,6,15-17H2,(H,25,26). The smallest absolute Gasteiger partial charge is 0.276 e. The molecule has 6 nitrogen and oxygen atoms in total. The first-order valence-electron chi connectivity index (χ1n) is 9.15. The van der Waals surface area contributed by atoms with Gasteiger partial charge in [0.2, 0.25) is 0 Å². The van der Waals surface area contributed by atoms with Gasteiger partial charge in [0, 0.05) is 31.0 Å². The van der Waals surface area contributed by atoms with Gasteiger partial charge in [-0.25, -0.2) is 5.48 Å². The van der Waals surface area contributed by atoms with E-state index in [1.54, 1.807) is 18.5 Å². The number of nitrogens with one attached hydrogen (secondary N) is 2. The average molecular weight is 377 g/mol. The number of nitrogens with zero attached hydrogens (tertiary/aromatic N) is 1. The lowest BCUT2D eigenvalue weighted by Crippen LogP contribution is -2.25. The van der Waals surface area contributed by atoms with Crippen molar-refractivity contribution in [1.29, 1.82) is 0 Å². The van der Waals surface area contributed by atoms with Crippen molar-refractivity contribution in [3.8, 4) is 5.75 Å². The molecule has 3 aromatic rings. The maximum atomic E-state index is 12.4. The van der Waals surface area contributed by atoms with Crippen LogP contribution in [0.1, 0.15) is 22.3 Å². The molecular weight excluding hydrogens is 354 g/mol. The molecule has 0 aliphatic heterocycles. The Hall–Kier alpha value is -3.38. The van der Waals surface area contributed by atoms with Crippen LogP contribution in [0.3, 0.4) is 0 Å². The molecule has 1 amide bonds. The van der Waals surface area contributed by atoms with Crippen molar-refractivity contribution < 1.29 is 14.4 Å². The highest BCUT2D eigenvalue weighted by Gasteiger charge is 2.10. The molecule has 0 radical (unpaired) electrons.